The largest absolute Gasteiger partial charge is 0.651 e. The first-order valence-electron chi connectivity index (χ1n) is 14.6. The molecule has 0 spiro atoms. The molecule has 0 saturated heterocycles. The molecule has 6 rings (SSSR count). The van der Waals surface area contributed by atoms with E-state index >= 15 is 0 Å². The first-order valence-corrected chi connectivity index (χ1v) is 14.6. The Bertz CT molecular complexity index is 1520. The number of para-hydroxylation sites is 1. The zero-order valence-electron chi connectivity index (χ0n) is 26.7. The second kappa shape index (κ2) is 14.7. The molecule has 2 unspecified atom stereocenters. The van der Waals surface area contributed by atoms with E-state index in [1.54, 1.807) is 11.9 Å². The zero-order chi connectivity index (χ0) is 30.7. The maximum Gasteiger partial charge on any atom is 0.254 e. The average molecular weight is 657 g/mol. The number of amides is 3. The molecule has 7 nitrogen and oxygen atoms in total. The molecule has 3 amide bonds. The fourth-order valence-electron chi connectivity index (χ4n) is 5.51. The van der Waals surface area contributed by atoms with Crippen molar-refractivity contribution in [2.45, 2.75) is 73.0 Å². The maximum atomic E-state index is 12.0. The number of carbonyl (C=O) groups is 3. The van der Waals surface area contributed by atoms with E-state index < -0.39 is 0 Å². The average Bonchev–Trinajstić information content (AvgIpc) is 3.08. The molecule has 3 heterocycles. The van der Waals surface area contributed by atoms with Gasteiger partial charge in [0.1, 0.15) is 0 Å². The minimum absolute atomic E-state index is 0. The predicted molar refractivity (Wildman–Crippen MR) is 170 cm³/mol. The summed E-state index contributed by atoms with van der Waals surface area (Å²) >= 11 is 0. The van der Waals surface area contributed by atoms with Gasteiger partial charge in [-0.3, -0.25) is 14.4 Å². The molecule has 0 fully saturated rings. The van der Waals surface area contributed by atoms with E-state index in [0.29, 0.717) is 19.1 Å². The van der Waals surface area contributed by atoms with Gasteiger partial charge < -0.3 is 20.4 Å². The van der Waals surface area contributed by atoms with Crippen LogP contribution in [-0.4, -0.2) is 55.3 Å². The van der Waals surface area contributed by atoms with E-state index in [9.17, 15) is 14.4 Å². The second-order valence-corrected chi connectivity index (χ2v) is 11.9. The Labute approximate surface area is 281 Å². The molecule has 225 valence electrons. The first kappa shape index (κ1) is 34.6. The third-order valence-corrected chi connectivity index (χ3v) is 8.57. The van der Waals surface area contributed by atoms with Gasteiger partial charge >= 0.3 is 0 Å². The zero-order valence-corrected chi connectivity index (χ0v) is 29.6. The molecule has 0 bridgehead atoms. The number of likely N-dealkylation sites (N-methyl/N-ethyl adjacent to an activating group) is 2. The van der Waals surface area contributed by atoms with Gasteiger partial charge in [0.05, 0.1) is 0 Å². The van der Waals surface area contributed by atoms with Crippen molar-refractivity contribution in [2.24, 2.45) is 0 Å². The minimum atomic E-state index is 0. The molecule has 8 heteroatoms. The fourth-order valence-corrected chi connectivity index (χ4v) is 5.51. The monoisotopic (exact) mass is 656 g/mol. The molecule has 3 aliphatic heterocycles. The topological polar surface area (TPSA) is 83.8 Å². The summed E-state index contributed by atoms with van der Waals surface area (Å²) in [4.78, 5) is 38.6. The number of fused-ring (bicyclic) bond motifs is 3. The van der Waals surface area contributed by atoms with E-state index in [1.807, 2.05) is 62.2 Å². The molecular formula is C35H43N4O3Y-. The summed E-state index contributed by atoms with van der Waals surface area (Å²) in [6.45, 7) is 13.4. The van der Waals surface area contributed by atoms with Crippen molar-refractivity contribution in [3.63, 3.8) is 0 Å². The summed E-state index contributed by atoms with van der Waals surface area (Å²) in [5.41, 5.74) is 11.2. The molecule has 1 N–H and O–H groups in total. The van der Waals surface area contributed by atoms with E-state index in [1.165, 1.54) is 33.4 Å². The van der Waals surface area contributed by atoms with Crippen molar-refractivity contribution in [1.82, 2.24) is 10.2 Å². The van der Waals surface area contributed by atoms with Crippen LogP contribution in [0.3, 0.4) is 0 Å². The SMILES string of the molecule is CN1C(=O)C[N-]Cc2ccccc21.Cc1cc2c(cc1C)C(=O)N(C)C(C)C2.Cc1cc2c(cc1C)C(=O)NC(C)C2.[Y]. The van der Waals surface area contributed by atoms with Gasteiger partial charge in [0.15, 0.2) is 0 Å². The summed E-state index contributed by atoms with van der Waals surface area (Å²) in [5.74, 6) is 0.290. The van der Waals surface area contributed by atoms with Gasteiger partial charge in [0, 0.05) is 75.7 Å². The van der Waals surface area contributed by atoms with Crippen LogP contribution in [0.1, 0.15) is 73.5 Å². The van der Waals surface area contributed by atoms with Crippen molar-refractivity contribution in [2.75, 3.05) is 25.5 Å². The molecule has 3 aromatic rings. The number of anilines is 1. The Morgan fingerprint density at radius 1 is 0.744 bits per heavy atom. The van der Waals surface area contributed by atoms with Crippen LogP contribution in [0.2, 0.25) is 0 Å². The molecule has 3 aromatic carbocycles. The number of benzene rings is 3. The number of aryl methyl sites for hydroxylation is 4. The van der Waals surface area contributed by atoms with Gasteiger partial charge in [-0.2, -0.15) is 0 Å². The van der Waals surface area contributed by atoms with Crippen molar-refractivity contribution in [1.29, 1.82) is 0 Å². The van der Waals surface area contributed by atoms with Gasteiger partial charge in [-0.15, -0.1) is 6.54 Å². The third-order valence-electron chi connectivity index (χ3n) is 8.57. The van der Waals surface area contributed by atoms with Crippen LogP contribution in [0.5, 0.6) is 0 Å². The van der Waals surface area contributed by atoms with Crippen LogP contribution in [-0.2, 0) is 56.9 Å². The number of nitrogens with zero attached hydrogens (tertiary/aromatic N) is 3. The minimum Gasteiger partial charge on any atom is -0.651 e. The standard InChI is InChI=1S/C13H17NO.C12H15NO.C10H11N2O.Y/c1-8-5-11-7-10(3)14(4)13(15)12(11)6-9(8)2;1-7-4-10-6-9(3)13-12(14)11(10)5-8(7)2;1-12-9-5-3-2-4-8(9)6-11-7-10(12)13;/h5-6,10H,7H2,1-4H3;4-5,9H,6H2,1-3H3,(H,13,14);2-5H,6-7H2,1H3;/q;;-1;. The van der Waals surface area contributed by atoms with E-state index in [2.05, 4.69) is 50.5 Å². The van der Waals surface area contributed by atoms with Crippen LogP contribution in [0.15, 0.2) is 48.5 Å². The van der Waals surface area contributed by atoms with Crippen molar-refractivity contribution in [3.05, 3.63) is 104 Å². The molecule has 3 aliphatic rings. The quantitative estimate of drug-likeness (QED) is 0.331. The van der Waals surface area contributed by atoms with Gasteiger partial charge in [-0.1, -0.05) is 36.9 Å². The Morgan fingerprint density at radius 3 is 1.95 bits per heavy atom. The number of nitrogens with one attached hydrogen (secondary N) is 1. The predicted octanol–water partition coefficient (Wildman–Crippen LogP) is 5.83. The summed E-state index contributed by atoms with van der Waals surface area (Å²) < 4.78 is 0. The van der Waals surface area contributed by atoms with Crippen LogP contribution in [0, 0.1) is 27.7 Å². The van der Waals surface area contributed by atoms with E-state index in [0.717, 1.165) is 35.2 Å². The van der Waals surface area contributed by atoms with Gasteiger partial charge in [0.2, 0.25) is 5.91 Å². The van der Waals surface area contributed by atoms with Crippen molar-refractivity contribution >= 4 is 23.4 Å². The molecule has 2 atom stereocenters. The van der Waals surface area contributed by atoms with E-state index in [-0.39, 0.29) is 56.5 Å². The van der Waals surface area contributed by atoms with Crippen LogP contribution < -0.4 is 10.2 Å². The smallest absolute Gasteiger partial charge is 0.254 e. The van der Waals surface area contributed by atoms with Crippen molar-refractivity contribution in [3.8, 4) is 0 Å². The van der Waals surface area contributed by atoms with E-state index in [4.69, 9.17) is 0 Å². The third kappa shape index (κ3) is 8.00. The second-order valence-electron chi connectivity index (χ2n) is 11.9. The number of hydrogen-bond donors (Lipinski definition) is 1. The summed E-state index contributed by atoms with van der Waals surface area (Å²) in [6, 6.07) is 16.8. The number of rotatable bonds is 0. The Kier molecular flexibility index (Phi) is 11.9. The molecule has 0 saturated carbocycles. The normalized spacial score (nSPS) is 18.7. The van der Waals surface area contributed by atoms with Gasteiger partial charge in [0.25, 0.3) is 11.8 Å². The fraction of sp³-hybridized carbons (Fsp3) is 0.400. The molecule has 0 aliphatic carbocycles. The summed E-state index contributed by atoms with van der Waals surface area (Å²) in [5, 5.41) is 7.10. The Hall–Kier alpha value is -2.87. The first-order chi connectivity index (χ1) is 19.9. The number of hydrogen-bond acceptors (Lipinski definition) is 3. The Morgan fingerprint density at radius 2 is 1.30 bits per heavy atom. The summed E-state index contributed by atoms with van der Waals surface area (Å²) in [7, 11) is 3.67. The molecule has 1 radical (unpaired) electrons. The van der Waals surface area contributed by atoms with Crippen molar-refractivity contribution < 1.29 is 47.1 Å². The summed E-state index contributed by atoms with van der Waals surface area (Å²) in [6.07, 6.45) is 1.92. The molecular weight excluding hydrogens is 613 g/mol. The van der Waals surface area contributed by atoms with Crippen LogP contribution >= 0.6 is 0 Å². The van der Waals surface area contributed by atoms with Gasteiger partial charge in [-0.05, 0) is 112 Å². The van der Waals surface area contributed by atoms with Crippen LogP contribution in [0.25, 0.3) is 5.32 Å². The molecule has 43 heavy (non-hydrogen) atoms. The number of carbonyl (C=O) groups excluding carboxylic acids is 3. The molecule has 0 aromatic heterocycles. The Balaban J connectivity index is 0.000000175. The maximum absolute atomic E-state index is 12.0. The van der Waals surface area contributed by atoms with Crippen LogP contribution in [0.4, 0.5) is 5.69 Å². The van der Waals surface area contributed by atoms with Gasteiger partial charge in [-0.25, -0.2) is 0 Å².